The molecular weight excluding hydrogens is 370 g/mol. The molecule has 1 aromatic heterocycles. The van der Waals surface area contributed by atoms with E-state index in [2.05, 4.69) is 15.0 Å². The largest absolute Gasteiger partial charge is 0.477 e. The molecule has 6 nitrogen and oxygen atoms in total. The second kappa shape index (κ2) is 8.55. The van der Waals surface area contributed by atoms with E-state index in [0.717, 1.165) is 17.1 Å². The van der Waals surface area contributed by atoms with Crippen molar-refractivity contribution in [3.05, 3.63) is 41.0 Å². The quantitative estimate of drug-likeness (QED) is 0.624. The molecule has 0 aliphatic rings. The SMILES string of the molecule is Cc1ccc(CSc2nsc(NC(=O)NCC(C)(C)C)c2C(=O)O)cc1. The molecule has 0 atom stereocenters. The van der Waals surface area contributed by atoms with Gasteiger partial charge in [-0.15, -0.1) is 0 Å². The summed E-state index contributed by atoms with van der Waals surface area (Å²) in [6.07, 6.45) is 0. The summed E-state index contributed by atoms with van der Waals surface area (Å²) in [6, 6.07) is 7.62. The van der Waals surface area contributed by atoms with E-state index in [1.165, 1.54) is 17.3 Å². The zero-order chi connectivity index (χ0) is 19.3. The Morgan fingerprint density at radius 2 is 1.88 bits per heavy atom. The molecule has 2 aromatic rings. The van der Waals surface area contributed by atoms with Gasteiger partial charge < -0.3 is 10.4 Å². The summed E-state index contributed by atoms with van der Waals surface area (Å²) in [5, 5.41) is 15.5. The third kappa shape index (κ3) is 6.03. The Kier molecular flexibility index (Phi) is 6.66. The van der Waals surface area contributed by atoms with Crippen LogP contribution in [0.3, 0.4) is 0 Å². The number of hydrogen-bond donors (Lipinski definition) is 3. The summed E-state index contributed by atoms with van der Waals surface area (Å²) in [4.78, 5) is 23.7. The normalized spacial score (nSPS) is 11.2. The number of carbonyl (C=O) groups is 2. The molecular formula is C18H23N3O3S2. The summed E-state index contributed by atoms with van der Waals surface area (Å²) in [5.41, 5.74) is 2.24. The Balaban J connectivity index is 2.06. The van der Waals surface area contributed by atoms with Crippen LogP contribution in [0.1, 0.15) is 42.3 Å². The Labute approximate surface area is 161 Å². The Morgan fingerprint density at radius 3 is 2.46 bits per heavy atom. The van der Waals surface area contributed by atoms with Crippen molar-refractivity contribution in [2.75, 3.05) is 11.9 Å². The molecule has 26 heavy (non-hydrogen) atoms. The van der Waals surface area contributed by atoms with Crippen LogP contribution in [0.5, 0.6) is 0 Å². The molecule has 0 bridgehead atoms. The first-order chi connectivity index (χ1) is 12.2. The van der Waals surface area contributed by atoms with E-state index < -0.39 is 12.0 Å². The highest BCUT2D eigenvalue weighted by Crippen LogP contribution is 2.33. The third-order valence-corrected chi connectivity index (χ3v) is 5.30. The second-order valence-corrected chi connectivity index (χ2v) is 8.88. The van der Waals surface area contributed by atoms with Crippen LogP contribution in [0.4, 0.5) is 9.80 Å². The van der Waals surface area contributed by atoms with Crippen LogP contribution in [0.25, 0.3) is 0 Å². The molecule has 0 radical (unpaired) electrons. The number of hydrogen-bond acceptors (Lipinski definition) is 5. The zero-order valence-corrected chi connectivity index (χ0v) is 16.9. The molecule has 2 amide bonds. The number of aryl methyl sites for hydroxylation is 1. The van der Waals surface area contributed by atoms with Crippen LogP contribution in [-0.2, 0) is 5.75 Å². The molecule has 8 heteroatoms. The molecule has 1 aromatic carbocycles. The predicted octanol–water partition coefficient (Wildman–Crippen LogP) is 4.61. The molecule has 0 spiro atoms. The van der Waals surface area contributed by atoms with E-state index in [1.807, 2.05) is 52.0 Å². The van der Waals surface area contributed by atoms with Gasteiger partial charge in [0, 0.05) is 12.3 Å². The van der Waals surface area contributed by atoms with Crippen molar-refractivity contribution >= 4 is 40.3 Å². The molecule has 0 saturated heterocycles. The van der Waals surface area contributed by atoms with Crippen LogP contribution in [-0.4, -0.2) is 28.0 Å². The number of carbonyl (C=O) groups excluding carboxylic acids is 1. The fourth-order valence-corrected chi connectivity index (χ4v) is 3.87. The maximum atomic E-state index is 12.0. The summed E-state index contributed by atoms with van der Waals surface area (Å²) in [5.74, 6) is -0.490. The minimum absolute atomic E-state index is 0.0398. The van der Waals surface area contributed by atoms with Gasteiger partial charge in [0.25, 0.3) is 0 Å². The Hall–Kier alpha value is -2.06. The van der Waals surface area contributed by atoms with Crippen molar-refractivity contribution in [2.45, 2.75) is 38.5 Å². The average molecular weight is 394 g/mol. The van der Waals surface area contributed by atoms with Gasteiger partial charge in [-0.3, -0.25) is 5.32 Å². The van der Waals surface area contributed by atoms with Gasteiger partial charge in [0.1, 0.15) is 15.6 Å². The van der Waals surface area contributed by atoms with E-state index >= 15 is 0 Å². The lowest BCUT2D eigenvalue weighted by atomic mass is 9.97. The molecule has 0 unspecified atom stereocenters. The van der Waals surface area contributed by atoms with E-state index in [1.54, 1.807) is 0 Å². The summed E-state index contributed by atoms with van der Waals surface area (Å²) in [6.45, 7) is 8.51. The van der Waals surface area contributed by atoms with Crippen molar-refractivity contribution < 1.29 is 14.7 Å². The number of aromatic nitrogens is 1. The number of urea groups is 1. The first-order valence-electron chi connectivity index (χ1n) is 8.12. The van der Waals surface area contributed by atoms with Crippen LogP contribution in [0, 0.1) is 12.3 Å². The average Bonchev–Trinajstić information content (AvgIpc) is 2.94. The Morgan fingerprint density at radius 1 is 1.23 bits per heavy atom. The number of aromatic carboxylic acids is 1. The minimum Gasteiger partial charge on any atom is -0.477 e. The number of anilines is 1. The van der Waals surface area contributed by atoms with Gasteiger partial charge in [-0.05, 0) is 29.4 Å². The highest BCUT2D eigenvalue weighted by atomic mass is 32.2. The highest BCUT2D eigenvalue weighted by Gasteiger charge is 2.22. The second-order valence-electron chi connectivity index (χ2n) is 7.14. The molecule has 0 aliphatic carbocycles. The van der Waals surface area contributed by atoms with E-state index in [-0.39, 0.29) is 16.0 Å². The standard InChI is InChI=1S/C18H23N3O3S2/c1-11-5-7-12(8-6-11)9-25-15-13(16(22)23)14(26-21-15)20-17(24)19-10-18(2,3)4/h5-8H,9-10H2,1-4H3,(H,22,23)(H2,19,20,24). The van der Waals surface area contributed by atoms with Crippen molar-refractivity contribution in [3.63, 3.8) is 0 Å². The van der Waals surface area contributed by atoms with Crippen molar-refractivity contribution in [1.29, 1.82) is 0 Å². The van der Waals surface area contributed by atoms with Gasteiger partial charge in [-0.25, -0.2) is 9.59 Å². The number of nitrogens with one attached hydrogen (secondary N) is 2. The highest BCUT2D eigenvalue weighted by molar-refractivity contribution is 7.98. The Bertz CT molecular complexity index is 780. The van der Waals surface area contributed by atoms with Gasteiger partial charge in [0.2, 0.25) is 0 Å². The molecule has 1 heterocycles. The van der Waals surface area contributed by atoms with E-state index in [0.29, 0.717) is 17.3 Å². The monoisotopic (exact) mass is 393 g/mol. The van der Waals surface area contributed by atoms with Crippen LogP contribution >= 0.6 is 23.3 Å². The number of amides is 2. The first-order valence-corrected chi connectivity index (χ1v) is 9.88. The number of nitrogens with zero attached hydrogens (tertiary/aromatic N) is 1. The maximum Gasteiger partial charge on any atom is 0.341 e. The molecule has 0 fully saturated rings. The van der Waals surface area contributed by atoms with Crippen molar-refractivity contribution in [2.24, 2.45) is 5.41 Å². The van der Waals surface area contributed by atoms with Crippen molar-refractivity contribution in [3.8, 4) is 0 Å². The lowest BCUT2D eigenvalue weighted by Crippen LogP contribution is -2.35. The molecule has 0 saturated carbocycles. The number of carboxylic acids is 1. The summed E-state index contributed by atoms with van der Waals surface area (Å²) in [7, 11) is 0. The molecule has 0 aliphatic heterocycles. The smallest absolute Gasteiger partial charge is 0.341 e. The molecule has 3 N–H and O–H groups in total. The van der Waals surface area contributed by atoms with Crippen LogP contribution < -0.4 is 10.6 Å². The van der Waals surface area contributed by atoms with Gasteiger partial charge in [0.15, 0.2) is 0 Å². The lowest BCUT2D eigenvalue weighted by Gasteiger charge is -2.18. The maximum absolute atomic E-state index is 12.0. The van der Waals surface area contributed by atoms with Gasteiger partial charge in [-0.1, -0.05) is 62.4 Å². The minimum atomic E-state index is -1.10. The third-order valence-electron chi connectivity index (χ3n) is 3.38. The van der Waals surface area contributed by atoms with Crippen LogP contribution in [0.15, 0.2) is 29.3 Å². The fraction of sp³-hybridized carbons (Fsp3) is 0.389. The summed E-state index contributed by atoms with van der Waals surface area (Å²) >= 11 is 2.33. The number of thioether (sulfide) groups is 1. The topological polar surface area (TPSA) is 91.3 Å². The number of carboxylic acid groups (broad SMARTS) is 1. The van der Waals surface area contributed by atoms with E-state index in [4.69, 9.17) is 0 Å². The fourth-order valence-electron chi connectivity index (χ4n) is 1.98. The first kappa shape index (κ1) is 20.3. The molecule has 140 valence electrons. The van der Waals surface area contributed by atoms with Gasteiger partial charge in [-0.2, -0.15) is 4.37 Å². The number of benzene rings is 1. The summed E-state index contributed by atoms with van der Waals surface area (Å²) < 4.78 is 4.21. The number of rotatable bonds is 6. The van der Waals surface area contributed by atoms with Crippen molar-refractivity contribution in [1.82, 2.24) is 9.69 Å². The molecule has 2 rings (SSSR count). The van der Waals surface area contributed by atoms with Gasteiger partial charge in [0.05, 0.1) is 0 Å². The van der Waals surface area contributed by atoms with Crippen LogP contribution in [0.2, 0.25) is 0 Å². The predicted molar refractivity (Wildman–Crippen MR) is 106 cm³/mol. The zero-order valence-electron chi connectivity index (χ0n) is 15.3. The van der Waals surface area contributed by atoms with Gasteiger partial charge >= 0.3 is 12.0 Å². The lowest BCUT2D eigenvalue weighted by molar-refractivity contribution is 0.0694. The van der Waals surface area contributed by atoms with E-state index in [9.17, 15) is 14.7 Å².